The van der Waals surface area contributed by atoms with Gasteiger partial charge in [-0.1, -0.05) is 36.4 Å². The lowest BCUT2D eigenvalue weighted by atomic mass is 10.1. The van der Waals surface area contributed by atoms with Gasteiger partial charge in [0.25, 0.3) is 5.56 Å². The van der Waals surface area contributed by atoms with E-state index >= 15 is 0 Å². The quantitative estimate of drug-likeness (QED) is 0.416. The lowest BCUT2D eigenvalue weighted by molar-refractivity contribution is 0.419. The number of nitrogens with one attached hydrogen (secondary N) is 1. The minimum atomic E-state index is -0.596. The minimum absolute atomic E-state index is 0.201. The zero-order chi connectivity index (χ0) is 21.4. The molecule has 0 fully saturated rings. The minimum Gasteiger partial charge on any atom is -0.496 e. The predicted octanol–water partition coefficient (Wildman–Crippen LogP) is 3.14. The summed E-state index contributed by atoms with van der Waals surface area (Å²) in [6, 6.07) is 15.1. The number of aromatic amines is 1. The lowest BCUT2D eigenvalue weighted by Crippen LogP contribution is -2.27. The lowest BCUT2D eigenvalue weighted by Gasteiger charge is -2.18. The summed E-state index contributed by atoms with van der Waals surface area (Å²) in [6.45, 7) is 0.335. The maximum Gasteiger partial charge on any atom is 0.265 e. The van der Waals surface area contributed by atoms with Crippen LogP contribution in [0.15, 0.2) is 66.0 Å². The number of rotatable bonds is 5. The summed E-state index contributed by atoms with van der Waals surface area (Å²) < 4.78 is 7.06. The van der Waals surface area contributed by atoms with Gasteiger partial charge in [-0.15, -0.1) is 0 Å². The van der Waals surface area contributed by atoms with Gasteiger partial charge in [0.1, 0.15) is 34.1 Å². The Bertz CT molecular complexity index is 1450. The number of methoxy groups -OCH3 is 1. The van der Waals surface area contributed by atoms with Crippen LogP contribution in [-0.4, -0.2) is 36.6 Å². The number of thiol groups is 1. The summed E-state index contributed by atoms with van der Waals surface area (Å²) >= 11 is 4.82. The van der Waals surface area contributed by atoms with E-state index in [-0.39, 0.29) is 5.56 Å². The fourth-order valence-corrected chi connectivity index (χ4v) is 4.04. The highest BCUT2D eigenvalue weighted by atomic mass is 32.1. The number of aromatic nitrogens is 6. The number of nitrogens with zero attached hydrogens (tertiary/aromatic N) is 5. The first kappa shape index (κ1) is 19.3. The molecule has 0 bridgehead atoms. The second-order valence-electron chi connectivity index (χ2n) is 6.96. The van der Waals surface area contributed by atoms with Crippen molar-refractivity contribution in [2.24, 2.45) is 0 Å². The van der Waals surface area contributed by atoms with Gasteiger partial charge in [-0.2, -0.15) is 12.6 Å². The summed E-state index contributed by atoms with van der Waals surface area (Å²) in [5.74, 6) is 0.955. The van der Waals surface area contributed by atoms with E-state index in [1.807, 2.05) is 36.4 Å². The van der Waals surface area contributed by atoms with E-state index < -0.39 is 5.25 Å². The number of hydrogen-bond donors (Lipinski definition) is 2. The average molecular weight is 430 g/mol. The van der Waals surface area contributed by atoms with Gasteiger partial charge in [0.15, 0.2) is 5.65 Å². The van der Waals surface area contributed by atoms with Gasteiger partial charge in [0.2, 0.25) is 0 Å². The molecule has 9 heteroatoms. The molecule has 0 saturated carbocycles. The van der Waals surface area contributed by atoms with E-state index in [0.29, 0.717) is 45.9 Å². The van der Waals surface area contributed by atoms with E-state index in [0.717, 1.165) is 5.56 Å². The summed E-state index contributed by atoms with van der Waals surface area (Å²) in [5.41, 5.74) is 3.07. The normalized spacial score (nSPS) is 12.3. The molecule has 154 valence electrons. The van der Waals surface area contributed by atoms with E-state index in [4.69, 9.17) is 22.3 Å². The third kappa shape index (κ3) is 3.32. The van der Waals surface area contributed by atoms with Crippen molar-refractivity contribution in [1.82, 2.24) is 29.5 Å². The van der Waals surface area contributed by atoms with E-state index in [2.05, 4.69) is 19.9 Å². The maximum absolute atomic E-state index is 13.6. The Kier molecular flexibility index (Phi) is 4.87. The predicted molar refractivity (Wildman–Crippen MR) is 121 cm³/mol. The third-order valence-electron chi connectivity index (χ3n) is 5.13. The first-order valence-corrected chi connectivity index (χ1v) is 10.1. The molecule has 8 nitrogen and oxygen atoms in total. The van der Waals surface area contributed by atoms with Gasteiger partial charge in [-0.05, 0) is 17.7 Å². The van der Waals surface area contributed by atoms with Crippen molar-refractivity contribution in [2.45, 2.75) is 11.8 Å². The Morgan fingerprint density at radius 1 is 1.10 bits per heavy atom. The fourth-order valence-electron chi connectivity index (χ4n) is 3.65. The first-order chi connectivity index (χ1) is 15.2. The SMILES string of the molecule is COc1cccc2nc(C(S)c3ncnc4[nH]cnc34)n(Cc3ccccc3)c(=O)c12. The van der Waals surface area contributed by atoms with Gasteiger partial charge in [0.05, 0.1) is 31.2 Å². The molecular formula is C22H18N6O2S. The largest absolute Gasteiger partial charge is 0.496 e. The van der Waals surface area contributed by atoms with Crippen LogP contribution in [-0.2, 0) is 6.54 Å². The highest BCUT2D eigenvalue weighted by molar-refractivity contribution is 7.80. The van der Waals surface area contributed by atoms with Crippen molar-refractivity contribution in [3.63, 3.8) is 0 Å². The van der Waals surface area contributed by atoms with Crippen LogP contribution in [0.3, 0.4) is 0 Å². The van der Waals surface area contributed by atoms with Crippen LogP contribution < -0.4 is 10.3 Å². The molecule has 3 aromatic heterocycles. The smallest absolute Gasteiger partial charge is 0.265 e. The Hall–Kier alpha value is -3.72. The fraction of sp³-hybridized carbons (Fsp3) is 0.136. The van der Waals surface area contributed by atoms with Gasteiger partial charge in [0, 0.05) is 0 Å². The Morgan fingerprint density at radius 3 is 2.74 bits per heavy atom. The third-order valence-corrected chi connectivity index (χ3v) is 5.60. The highest BCUT2D eigenvalue weighted by Crippen LogP contribution is 2.31. The van der Waals surface area contributed by atoms with Gasteiger partial charge < -0.3 is 9.72 Å². The van der Waals surface area contributed by atoms with Crippen LogP contribution >= 0.6 is 12.6 Å². The summed E-state index contributed by atoms with van der Waals surface area (Å²) in [6.07, 6.45) is 3.00. The molecule has 0 radical (unpaired) electrons. The van der Waals surface area contributed by atoms with Crippen LogP contribution in [0.4, 0.5) is 0 Å². The van der Waals surface area contributed by atoms with Crippen molar-refractivity contribution in [3.05, 3.63) is 88.6 Å². The second-order valence-corrected chi connectivity index (χ2v) is 7.48. The van der Waals surface area contributed by atoms with Crippen molar-refractivity contribution in [3.8, 4) is 5.75 Å². The molecule has 0 aliphatic rings. The molecule has 5 rings (SSSR count). The van der Waals surface area contributed by atoms with Gasteiger partial charge >= 0.3 is 0 Å². The Morgan fingerprint density at radius 2 is 1.94 bits per heavy atom. The zero-order valence-electron chi connectivity index (χ0n) is 16.6. The van der Waals surface area contributed by atoms with Crippen LogP contribution in [0.2, 0.25) is 0 Å². The molecule has 0 saturated heterocycles. The zero-order valence-corrected chi connectivity index (χ0v) is 17.5. The van der Waals surface area contributed by atoms with Crippen LogP contribution in [0.1, 0.15) is 22.3 Å². The topological polar surface area (TPSA) is 98.6 Å². The van der Waals surface area contributed by atoms with E-state index in [1.54, 1.807) is 30.1 Å². The van der Waals surface area contributed by atoms with Crippen LogP contribution in [0.5, 0.6) is 5.75 Å². The molecule has 2 aromatic carbocycles. The molecule has 31 heavy (non-hydrogen) atoms. The van der Waals surface area contributed by atoms with Crippen molar-refractivity contribution < 1.29 is 4.74 Å². The molecule has 5 aromatic rings. The van der Waals surface area contributed by atoms with Crippen molar-refractivity contribution in [1.29, 1.82) is 0 Å². The highest BCUT2D eigenvalue weighted by Gasteiger charge is 2.24. The number of imidazole rings is 1. The number of fused-ring (bicyclic) bond motifs is 2. The summed E-state index contributed by atoms with van der Waals surface area (Å²) in [7, 11) is 1.54. The van der Waals surface area contributed by atoms with Crippen LogP contribution in [0, 0.1) is 0 Å². The first-order valence-electron chi connectivity index (χ1n) is 9.61. The van der Waals surface area contributed by atoms with E-state index in [9.17, 15) is 4.79 Å². The van der Waals surface area contributed by atoms with Gasteiger partial charge in [-0.25, -0.2) is 19.9 Å². The summed E-state index contributed by atoms with van der Waals surface area (Å²) in [5, 5.41) is -0.168. The molecule has 1 N–H and O–H groups in total. The molecule has 0 spiro atoms. The number of benzene rings is 2. The monoisotopic (exact) mass is 430 g/mol. The molecule has 0 aliphatic heterocycles. The maximum atomic E-state index is 13.6. The number of hydrogen-bond acceptors (Lipinski definition) is 7. The molecular weight excluding hydrogens is 412 g/mol. The Balaban J connectivity index is 1.77. The Labute approximate surface area is 182 Å². The molecule has 3 heterocycles. The molecule has 0 aliphatic carbocycles. The second kappa shape index (κ2) is 7.84. The molecule has 1 atom stereocenters. The van der Waals surface area contributed by atoms with Crippen LogP contribution in [0.25, 0.3) is 22.1 Å². The summed E-state index contributed by atoms with van der Waals surface area (Å²) in [4.78, 5) is 34.3. The standard InChI is InChI=1S/C22H18N6O2S/c1-30-15-9-5-8-14-16(15)22(29)28(10-13-6-3-2-4-7-13)21(27-14)19(31)17-18-20(25-11-23-17)26-12-24-18/h2-9,11-12,19,31H,10H2,1H3,(H,23,24,25,26). The number of H-pyrrole nitrogens is 1. The average Bonchev–Trinajstić information content (AvgIpc) is 3.29. The van der Waals surface area contributed by atoms with Crippen molar-refractivity contribution >= 4 is 34.7 Å². The molecule has 1 unspecified atom stereocenters. The van der Waals surface area contributed by atoms with Gasteiger partial charge in [-0.3, -0.25) is 9.36 Å². The van der Waals surface area contributed by atoms with Crippen molar-refractivity contribution in [2.75, 3.05) is 7.11 Å². The van der Waals surface area contributed by atoms with E-state index in [1.165, 1.54) is 6.33 Å². The molecule has 0 amide bonds. The number of ether oxygens (including phenoxy) is 1.